The summed E-state index contributed by atoms with van der Waals surface area (Å²) in [6, 6.07) is 13.8. The first-order valence-corrected chi connectivity index (χ1v) is 8.84. The number of para-hydroxylation sites is 2. The van der Waals surface area contributed by atoms with E-state index in [0.717, 1.165) is 12.0 Å². The third-order valence-electron chi connectivity index (χ3n) is 4.68. The molecule has 0 fully saturated rings. The van der Waals surface area contributed by atoms with E-state index in [4.69, 9.17) is 9.47 Å². The summed E-state index contributed by atoms with van der Waals surface area (Å²) in [4.78, 5) is 12.2. The molecule has 1 atom stereocenters. The van der Waals surface area contributed by atoms with Crippen LogP contribution in [0.25, 0.3) is 0 Å². The zero-order valence-corrected chi connectivity index (χ0v) is 14.9. The predicted octanol–water partition coefficient (Wildman–Crippen LogP) is 3.83. The van der Waals surface area contributed by atoms with Crippen LogP contribution in [-0.4, -0.2) is 19.6 Å². The van der Waals surface area contributed by atoms with Gasteiger partial charge in [-0.15, -0.1) is 0 Å². The molecule has 1 aliphatic rings. The highest BCUT2D eigenvalue weighted by atomic mass is 16.5. The number of rotatable bonds is 6. The Morgan fingerprint density at radius 2 is 1.80 bits per heavy atom. The van der Waals surface area contributed by atoms with Gasteiger partial charge in [-0.05, 0) is 61.4 Å². The maximum absolute atomic E-state index is 12.2. The minimum atomic E-state index is -0.142. The van der Waals surface area contributed by atoms with Crippen LogP contribution < -0.4 is 14.8 Å². The largest absolute Gasteiger partial charge is 0.493 e. The van der Waals surface area contributed by atoms with E-state index in [2.05, 4.69) is 23.5 Å². The number of carbonyl (C=O) groups excluding carboxylic acids is 1. The average Bonchev–Trinajstić information content (AvgIpc) is 2.66. The van der Waals surface area contributed by atoms with E-state index in [0.29, 0.717) is 11.5 Å². The lowest BCUT2D eigenvalue weighted by atomic mass is 9.89. The van der Waals surface area contributed by atoms with Crippen LogP contribution in [0.15, 0.2) is 42.5 Å². The third kappa shape index (κ3) is 4.32. The van der Waals surface area contributed by atoms with E-state index < -0.39 is 0 Å². The number of fused-ring (bicyclic) bond motifs is 1. The van der Waals surface area contributed by atoms with Gasteiger partial charge in [0, 0.05) is 0 Å². The van der Waals surface area contributed by atoms with Crippen molar-refractivity contribution in [1.82, 2.24) is 5.32 Å². The SMILES string of the molecule is COc1ccccc1OCC(=O)NC(C)c1ccc2c(c1)CCCC2. The normalized spacial score (nSPS) is 14.3. The second-order valence-electron chi connectivity index (χ2n) is 6.46. The van der Waals surface area contributed by atoms with Gasteiger partial charge in [-0.2, -0.15) is 0 Å². The van der Waals surface area contributed by atoms with Crippen molar-refractivity contribution in [2.75, 3.05) is 13.7 Å². The average molecular weight is 339 g/mol. The molecule has 25 heavy (non-hydrogen) atoms. The van der Waals surface area contributed by atoms with Crippen LogP contribution in [0.2, 0.25) is 0 Å². The molecule has 1 aliphatic carbocycles. The molecule has 0 heterocycles. The molecular weight excluding hydrogens is 314 g/mol. The van der Waals surface area contributed by atoms with Gasteiger partial charge >= 0.3 is 0 Å². The maximum atomic E-state index is 12.2. The van der Waals surface area contributed by atoms with Crippen LogP contribution in [0, 0.1) is 0 Å². The van der Waals surface area contributed by atoms with Crippen LogP contribution >= 0.6 is 0 Å². The summed E-state index contributed by atoms with van der Waals surface area (Å²) in [5, 5.41) is 3.01. The summed E-state index contributed by atoms with van der Waals surface area (Å²) in [5.74, 6) is 1.05. The summed E-state index contributed by atoms with van der Waals surface area (Å²) in [5.41, 5.74) is 4.02. The van der Waals surface area contributed by atoms with Gasteiger partial charge < -0.3 is 14.8 Å². The van der Waals surface area contributed by atoms with Crippen molar-refractivity contribution in [2.45, 2.75) is 38.6 Å². The molecule has 4 nitrogen and oxygen atoms in total. The maximum Gasteiger partial charge on any atom is 0.258 e. The molecule has 0 aromatic heterocycles. The highest BCUT2D eigenvalue weighted by Crippen LogP contribution is 2.26. The lowest BCUT2D eigenvalue weighted by Crippen LogP contribution is -2.31. The van der Waals surface area contributed by atoms with Gasteiger partial charge in [-0.25, -0.2) is 0 Å². The fourth-order valence-electron chi connectivity index (χ4n) is 3.27. The Kier molecular flexibility index (Phi) is 5.59. The van der Waals surface area contributed by atoms with Gasteiger partial charge in [0.1, 0.15) is 0 Å². The molecule has 132 valence electrons. The Balaban J connectivity index is 1.57. The molecule has 0 bridgehead atoms. The van der Waals surface area contributed by atoms with Crippen molar-refractivity contribution in [3.8, 4) is 11.5 Å². The number of benzene rings is 2. The standard InChI is InChI=1S/C21H25NO3/c1-15(17-12-11-16-7-3-4-8-18(16)13-17)22-21(23)14-25-20-10-6-5-9-19(20)24-2/h5-6,9-13,15H,3-4,7-8,14H2,1-2H3,(H,22,23). The highest BCUT2D eigenvalue weighted by molar-refractivity contribution is 5.78. The smallest absolute Gasteiger partial charge is 0.258 e. The first kappa shape index (κ1) is 17.3. The molecule has 0 saturated carbocycles. The fourth-order valence-corrected chi connectivity index (χ4v) is 3.27. The van der Waals surface area contributed by atoms with Gasteiger partial charge in [0.05, 0.1) is 13.2 Å². The number of carbonyl (C=O) groups is 1. The molecule has 3 rings (SSSR count). The molecule has 0 aliphatic heterocycles. The number of ether oxygens (including phenoxy) is 2. The van der Waals surface area contributed by atoms with E-state index >= 15 is 0 Å². The first-order valence-electron chi connectivity index (χ1n) is 8.84. The summed E-state index contributed by atoms with van der Waals surface area (Å²) < 4.78 is 10.8. The van der Waals surface area contributed by atoms with Crippen molar-refractivity contribution >= 4 is 5.91 Å². The molecule has 1 amide bonds. The highest BCUT2D eigenvalue weighted by Gasteiger charge is 2.15. The fraction of sp³-hybridized carbons (Fsp3) is 0.381. The first-order chi connectivity index (χ1) is 12.2. The second-order valence-corrected chi connectivity index (χ2v) is 6.46. The van der Waals surface area contributed by atoms with Crippen LogP contribution in [0.4, 0.5) is 0 Å². The summed E-state index contributed by atoms with van der Waals surface area (Å²) in [6.45, 7) is 1.97. The topological polar surface area (TPSA) is 47.6 Å². The van der Waals surface area contributed by atoms with E-state index in [9.17, 15) is 4.79 Å². The van der Waals surface area contributed by atoms with Crippen molar-refractivity contribution in [1.29, 1.82) is 0 Å². The number of hydrogen-bond donors (Lipinski definition) is 1. The van der Waals surface area contributed by atoms with Crippen LogP contribution in [0.5, 0.6) is 11.5 Å². The van der Waals surface area contributed by atoms with Gasteiger partial charge in [-0.3, -0.25) is 4.79 Å². The van der Waals surface area contributed by atoms with Gasteiger partial charge in [0.15, 0.2) is 18.1 Å². The lowest BCUT2D eigenvalue weighted by molar-refractivity contribution is -0.123. The molecule has 2 aromatic rings. The van der Waals surface area contributed by atoms with Crippen LogP contribution in [0.3, 0.4) is 0 Å². The van der Waals surface area contributed by atoms with Crippen molar-refractivity contribution in [3.63, 3.8) is 0 Å². The van der Waals surface area contributed by atoms with Crippen LogP contribution in [-0.2, 0) is 17.6 Å². The van der Waals surface area contributed by atoms with Gasteiger partial charge in [0.25, 0.3) is 5.91 Å². The molecule has 1 unspecified atom stereocenters. The Bertz CT molecular complexity index is 742. The number of amides is 1. The second kappa shape index (κ2) is 8.06. The van der Waals surface area contributed by atoms with Gasteiger partial charge in [0.2, 0.25) is 0 Å². The van der Waals surface area contributed by atoms with Crippen molar-refractivity contribution < 1.29 is 14.3 Å². The van der Waals surface area contributed by atoms with E-state index in [1.165, 1.54) is 30.4 Å². The summed E-state index contributed by atoms with van der Waals surface area (Å²) in [6.07, 6.45) is 4.84. The third-order valence-corrected chi connectivity index (χ3v) is 4.68. The minimum absolute atomic E-state index is 0.0321. The van der Waals surface area contributed by atoms with E-state index in [1.807, 2.05) is 25.1 Å². The minimum Gasteiger partial charge on any atom is -0.493 e. The molecule has 4 heteroatoms. The summed E-state index contributed by atoms with van der Waals surface area (Å²) >= 11 is 0. The van der Waals surface area contributed by atoms with Crippen LogP contribution in [0.1, 0.15) is 42.5 Å². The monoisotopic (exact) mass is 339 g/mol. The number of hydrogen-bond acceptors (Lipinski definition) is 3. The molecule has 0 spiro atoms. The zero-order chi connectivity index (χ0) is 17.6. The van der Waals surface area contributed by atoms with Crippen molar-refractivity contribution in [2.24, 2.45) is 0 Å². The molecule has 2 aromatic carbocycles. The number of aryl methyl sites for hydroxylation is 2. The quantitative estimate of drug-likeness (QED) is 0.870. The Hall–Kier alpha value is -2.49. The number of methoxy groups -OCH3 is 1. The molecular formula is C21H25NO3. The Morgan fingerprint density at radius 3 is 2.56 bits per heavy atom. The van der Waals surface area contributed by atoms with E-state index in [1.54, 1.807) is 13.2 Å². The van der Waals surface area contributed by atoms with Gasteiger partial charge in [-0.1, -0.05) is 30.3 Å². The predicted molar refractivity (Wildman–Crippen MR) is 98.1 cm³/mol. The summed E-state index contributed by atoms with van der Waals surface area (Å²) in [7, 11) is 1.58. The number of nitrogens with one attached hydrogen (secondary N) is 1. The molecule has 0 radical (unpaired) electrons. The Labute approximate surface area is 149 Å². The van der Waals surface area contributed by atoms with E-state index in [-0.39, 0.29) is 18.6 Å². The van der Waals surface area contributed by atoms with Crippen molar-refractivity contribution in [3.05, 3.63) is 59.2 Å². The molecule has 0 saturated heterocycles. The molecule has 1 N–H and O–H groups in total. The Morgan fingerprint density at radius 1 is 1.08 bits per heavy atom. The lowest BCUT2D eigenvalue weighted by Gasteiger charge is -2.20. The zero-order valence-electron chi connectivity index (χ0n) is 14.9.